The SMILES string of the molecule is C[C@H]1CN([C@@H](C)CO)C(=O)c2cc(NS(=O)(=O)c3ccc(F)cc3)ccc2O[C@H]1CN(C)Cc1ccc(C(=O)Nc2ccccc2N)cc1. The van der Waals surface area contributed by atoms with Crippen molar-refractivity contribution in [3.8, 4) is 5.75 Å². The fourth-order valence-corrected chi connectivity index (χ4v) is 6.63. The molecule has 0 saturated carbocycles. The van der Waals surface area contributed by atoms with E-state index in [2.05, 4.69) is 14.9 Å². The van der Waals surface area contributed by atoms with Gasteiger partial charge in [0.15, 0.2) is 0 Å². The standard InChI is InChI=1S/C36H40FN5O6S/c1-23-19-42(24(2)22-43)36(45)30-18-28(40-49(46,47)29-15-12-27(37)13-16-29)14-17-33(30)48-34(23)21-41(3)20-25-8-10-26(11-9-25)35(44)39-32-7-5-4-6-31(32)38/h4-18,23-24,34,40,43H,19-22,38H2,1-3H3,(H,39,44)/t23-,24-,34-/m0/s1. The molecule has 1 aliphatic heterocycles. The molecule has 1 aliphatic rings. The fourth-order valence-electron chi connectivity index (χ4n) is 5.58. The van der Waals surface area contributed by atoms with Gasteiger partial charge in [0.1, 0.15) is 17.7 Å². The van der Waals surface area contributed by atoms with Crippen molar-refractivity contribution in [2.75, 3.05) is 42.5 Å². The van der Waals surface area contributed by atoms with Gasteiger partial charge in [0.05, 0.1) is 34.5 Å². The summed E-state index contributed by atoms with van der Waals surface area (Å²) in [5.74, 6) is -1.10. The maximum Gasteiger partial charge on any atom is 0.261 e. The molecule has 0 fully saturated rings. The highest BCUT2D eigenvalue weighted by Crippen LogP contribution is 2.31. The van der Waals surface area contributed by atoms with Crippen molar-refractivity contribution in [3.63, 3.8) is 0 Å². The molecule has 49 heavy (non-hydrogen) atoms. The summed E-state index contributed by atoms with van der Waals surface area (Å²) in [7, 11) is -2.12. The third-order valence-electron chi connectivity index (χ3n) is 8.41. The lowest BCUT2D eigenvalue weighted by atomic mass is 9.99. The second-order valence-electron chi connectivity index (χ2n) is 12.3. The molecule has 0 bridgehead atoms. The number of carbonyl (C=O) groups is 2. The van der Waals surface area contributed by atoms with Crippen LogP contribution in [0.2, 0.25) is 0 Å². The number of nitrogen functional groups attached to an aromatic ring is 1. The average molecular weight is 690 g/mol. The molecule has 4 aromatic rings. The summed E-state index contributed by atoms with van der Waals surface area (Å²) < 4.78 is 48.3. The Hall–Kier alpha value is -4.98. The number of anilines is 3. The second kappa shape index (κ2) is 15.1. The molecule has 4 aromatic carbocycles. The Morgan fingerprint density at radius 3 is 2.45 bits per heavy atom. The quantitative estimate of drug-likeness (QED) is 0.164. The lowest BCUT2D eigenvalue weighted by molar-refractivity contribution is 0.0341. The van der Waals surface area contributed by atoms with Crippen molar-refractivity contribution in [1.29, 1.82) is 0 Å². The van der Waals surface area contributed by atoms with Gasteiger partial charge in [-0.1, -0.05) is 31.2 Å². The van der Waals surface area contributed by atoms with Gasteiger partial charge in [-0.3, -0.25) is 19.2 Å². The van der Waals surface area contributed by atoms with Gasteiger partial charge in [-0.05, 0) is 86.3 Å². The predicted octanol–water partition coefficient (Wildman–Crippen LogP) is 4.81. The van der Waals surface area contributed by atoms with Crippen molar-refractivity contribution in [3.05, 3.63) is 114 Å². The van der Waals surface area contributed by atoms with Gasteiger partial charge in [0, 0.05) is 36.8 Å². The average Bonchev–Trinajstić information content (AvgIpc) is 3.07. The molecule has 3 atom stereocenters. The van der Waals surface area contributed by atoms with Crippen molar-refractivity contribution in [2.24, 2.45) is 5.92 Å². The van der Waals surface area contributed by atoms with E-state index in [1.54, 1.807) is 54.3 Å². The molecule has 1 heterocycles. The lowest BCUT2D eigenvalue weighted by Crippen LogP contribution is -2.49. The van der Waals surface area contributed by atoms with Gasteiger partial charge < -0.3 is 25.8 Å². The Labute approximate surface area is 285 Å². The summed E-state index contributed by atoms with van der Waals surface area (Å²) in [5, 5.41) is 12.8. The Morgan fingerprint density at radius 1 is 1.08 bits per heavy atom. The lowest BCUT2D eigenvalue weighted by Gasteiger charge is -2.38. The summed E-state index contributed by atoms with van der Waals surface area (Å²) in [6, 6.07) is 22.7. The van der Waals surface area contributed by atoms with Gasteiger partial charge in [-0.25, -0.2) is 12.8 Å². The van der Waals surface area contributed by atoms with Crippen molar-refractivity contribution in [2.45, 2.75) is 37.4 Å². The van der Waals surface area contributed by atoms with E-state index in [1.165, 1.54) is 12.1 Å². The number of aliphatic hydroxyl groups excluding tert-OH is 1. The normalized spacial score (nSPS) is 17.0. The van der Waals surface area contributed by atoms with Crippen LogP contribution in [0.4, 0.5) is 21.5 Å². The minimum absolute atomic E-state index is 0.128. The smallest absolute Gasteiger partial charge is 0.261 e. The number of hydrogen-bond donors (Lipinski definition) is 4. The molecule has 0 saturated heterocycles. The van der Waals surface area contributed by atoms with Crippen molar-refractivity contribution < 1.29 is 32.2 Å². The second-order valence-corrected chi connectivity index (χ2v) is 14.0. The monoisotopic (exact) mass is 689 g/mol. The first-order valence-corrected chi connectivity index (χ1v) is 17.3. The molecule has 0 spiro atoms. The molecule has 0 aromatic heterocycles. The number of rotatable bonds is 11. The summed E-state index contributed by atoms with van der Waals surface area (Å²) in [6.45, 7) is 4.78. The van der Waals surface area contributed by atoms with E-state index in [0.717, 1.165) is 29.8 Å². The van der Waals surface area contributed by atoms with Crippen LogP contribution in [0.25, 0.3) is 0 Å². The van der Waals surface area contributed by atoms with E-state index < -0.39 is 27.8 Å². The van der Waals surface area contributed by atoms with Crippen LogP contribution in [0.15, 0.2) is 95.9 Å². The number of para-hydroxylation sites is 2. The number of fused-ring (bicyclic) bond motifs is 1. The van der Waals surface area contributed by atoms with Gasteiger partial charge in [0.2, 0.25) is 0 Å². The summed E-state index contributed by atoms with van der Waals surface area (Å²) in [5.41, 5.74) is 8.71. The number of amides is 2. The zero-order valence-electron chi connectivity index (χ0n) is 27.5. The molecule has 0 radical (unpaired) electrons. The number of likely N-dealkylation sites (N-methyl/N-ethyl adjacent to an activating group) is 1. The van der Waals surface area contributed by atoms with Crippen LogP contribution >= 0.6 is 0 Å². The highest BCUT2D eigenvalue weighted by molar-refractivity contribution is 7.92. The highest BCUT2D eigenvalue weighted by atomic mass is 32.2. The molecule has 2 amide bonds. The highest BCUT2D eigenvalue weighted by Gasteiger charge is 2.34. The maximum atomic E-state index is 13.8. The van der Waals surface area contributed by atoms with Crippen LogP contribution in [0.5, 0.6) is 5.75 Å². The van der Waals surface area contributed by atoms with Gasteiger partial charge in [-0.15, -0.1) is 0 Å². The predicted molar refractivity (Wildman–Crippen MR) is 186 cm³/mol. The zero-order chi connectivity index (χ0) is 35.3. The molecule has 5 N–H and O–H groups in total. The first-order valence-electron chi connectivity index (χ1n) is 15.8. The van der Waals surface area contributed by atoms with Gasteiger partial charge in [-0.2, -0.15) is 0 Å². The van der Waals surface area contributed by atoms with Crippen LogP contribution in [0.1, 0.15) is 40.1 Å². The maximum absolute atomic E-state index is 13.8. The van der Waals surface area contributed by atoms with Crippen LogP contribution < -0.4 is 20.5 Å². The van der Waals surface area contributed by atoms with E-state index >= 15 is 0 Å². The van der Waals surface area contributed by atoms with E-state index in [9.17, 15) is 27.5 Å². The van der Waals surface area contributed by atoms with Crippen molar-refractivity contribution >= 4 is 38.9 Å². The van der Waals surface area contributed by atoms with Crippen LogP contribution in [-0.4, -0.2) is 74.0 Å². The summed E-state index contributed by atoms with van der Waals surface area (Å²) in [4.78, 5) is 30.1. The Bertz CT molecular complexity index is 1910. The van der Waals surface area contributed by atoms with E-state index in [4.69, 9.17) is 10.5 Å². The largest absolute Gasteiger partial charge is 0.488 e. The Kier molecular flexibility index (Phi) is 10.9. The number of nitrogens with one attached hydrogen (secondary N) is 2. The van der Waals surface area contributed by atoms with Crippen LogP contribution in [0, 0.1) is 11.7 Å². The summed E-state index contributed by atoms with van der Waals surface area (Å²) >= 11 is 0. The number of halogens is 1. The number of sulfonamides is 1. The molecule has 0 aliphatic carbocycles. The minimum atomic E-state index is -4.07. The minimum Gasteiger partial charge on any atom is -0.488 e. The number of nitrogens with zero attached hydrogens (tertiary/aromatic N) is 2. The topological polar surface area (TPSA) is 154 Å². The van der Waals surface area contributed by atoms with Gasteiger partial charge >= 0.3 is 0 Å². The third-order valence-corrected chi connectivity index (χ3v) is 9.81. The molecule has 0 unspecified atom stereocenters. The molecule has 11 nitrogen and oxygen atoms in total. The van der Waals surface area contributed by atoms with E-state index in [1.807, 2.05) is 26.1 Å². The molecular formula is C36H40FN5O6S. The molecule has 258 valence electrons. The molecular weight excluding hydrogens is 649 g/mol. The van der Waals surface area contributed by atoms with E-state index in [-0.39, 0.29) is 46.4 Å². The Morgan fingerprint density at radius 2 is 1.78 bits per heavy atom. The first kappa shape index (κ1) is 35.3. The Balaban J connectivity index is 1.32. The first-order chi connectivity index (χ1) is 23.3. The molecule has 13 heteroatoms. The third kappa shape index (κ3) is 8.55. The van der Waals surface area contributed by atoms with Crippen LogP contribution in [-0.2, 0) is 16.6 Å². The number of nitrogens with two attached hydrogens (primary N) is 1. The number of carbonyl (C=O) groups excluding carboxylic acids is 2. The van der Waals surface area contributed by atoms with E-state index in [0.29, 0.717) is 36.6 Å². The van der Waals surface area contributed by atoms with Gasteiger partial charge in [0.25, 0.3) is 21.8 Å². The number of ether oxygens (including phenoxy) is 1. The molecule has 5 rings (SSSR count). The number of hydrogen-bond acceptors (Lipinski definition) is 8. The van der Waals surface area contributed by atoms with Crippen LogP contribution in [0.3, 0.4) is 0 Å². The zero-order valence-corrected chi connectivity index (χ0v) is 28.3. The number of aliphatic hydroxyl groups is 1. The van der Waals surface area contributed by atoms with Crippen molar-refractivity contribution in [1.82, 2.24) is 9.80 Å². The fraction of sp³-hybridized carbons (Fsp3) is 0.278. The number of benzene rings is 4. The summed E-state index contributed by atoms with van der Waals surface area (Å²) in [6.07, 6.45) is -0.381.